The van der Waals surface area contributed by atoms with Crippen LogP contribution < -0.4 is 10.5 Å². The number of hydrogen-bond acceptors (Lipinski definition) is 4. The van der Waals surface area contributed by atoms with Gasteiger partial charge in [-0.25, -0.2) is 4.39 Å². The second kappa shape index (κ2) is 11.2. The Hall–Kier alpha value is -4.41. The molecule has 1 amide bonds. The Morgan fingerprint density at radius 3 is 2.56 bits per heavy atom. The molecule has 0 N–H and O–H groups in total. The Labute approximate surface area is 243 Å². The van der Waals surface area contributed by atoms with Gasteiger partial charge in [0, 0.05) is 41.6 Å². The third-order valence-electron chi connectivity index (χ3n) is 7.68. The van der Waals surface area contributed by atoms with Gasteiger partial charge in [-0.2, -0.15) is 5.26 Å². The van der Waals surface area contributed by atoms with Gasteiger partial charge in [0.25, 0.3) is 5.56 Å². The second-order valence-electron chi connectivity index (χ2n) is 10.6. The molecule has 4 aromatic rings. The summed E-state index contributed by atoms with van der Waals surface area (Å²) in [5, 5.41) is 11.4. The van der Waals surface area contributed by atoms with Gasteiger partial charge in [0.15, 0.2) is 0 Å². The fourth-order valence-electron chi connectivity index (χ4n) is 5.71. The summed E-state index contributed by atoms with van der Waals surface area (Å²) in [4.78, 5) is 30.3. The van der Waals surface area contributed by atoms with Crippen molar-refractivity contribution in [3.8, 4) is 22.9 Å². The van der Waals surface area contributed by atoms with E-state index in [1.165, 1.54) is 18.2 Å². The van der Waals surface area contributed by atoms with E-state index in [0.717, 1.165) is 5.56 Å². The van der Waals surface area contributed by atoms with E-state index >= 15 is 0 Å². The molecule has 1 aromatic heterocycles. The fraction of sp³-hybridized carbons (Fsp3) is 0.242. The van der Waals surface area contributed by atoms with Crippen LogP contribution in [0.2, 0.25) is 5.02 Å². The minimum absolute atomic E-state index is 0.000906. The molecule has 0 unspecified atom stereocenters. The number of benzene rings is 3. The SMILES string of the molecule is C=CC(=O)N1CCN(c2c(C#N)c(=O)n(-c3ccccc3C(C)C)c3cc(-c4cccc(F)c4)c(Cl)cc23)[C@@H](C)C1. The van der Waals surface area contributed by atoms with E-state index in [9.17, 15) is 19.2 Å². The van der Waals surface area contributed by atoms with Crippen LogP contribution in [0.1, 0.15) is 37.8 Å². The molecule has 0 aliphatic carbocycles. The van der Waals surface area contributed by atoms with E-state index in [-0.39, 0.29) is 23.4 Å². The lowest BCUT2D eigenvalue weighted by molar-refractivity contribution is -0.126. The maximum atomic E-state index is 14.3. The Kier molecular flexibility index (Phi) is 7.70. The van der Waals surface area contributed by atoms with Crippen molar-refractivity contribution in [1.82, 2.24) is 9.47 Å². The molecule has 1 atom stereocenters. The highest BCUT2D eigenvalue weighted by atomic mass is 35.5. The van der Waals surface area contributed by atoms with Gasteiger partial charge < -0.3 is 9.80 Å². The Morgan fingerprint density at radius 1 is 1.15 bits per heavy atom. The van der Waals surface area contributed by atoms with E-state index in [1.807, 2.05) is 49.9 Å². The number of pyridine rings is 1. The standard InChI is InChI=1S/C33H30ClFN4O2/c1-5-31(40)37-13-14-38(21(4)19-37)32-26-16-28(34)25(22-9-8-10-23(35)15-22)17-30(26)39(33(41)27(32)18-36)29-12-7-6-11-24(29)20(2)3/h5-12,15-17,20-21H,1,13-14,19H2,2-4H3/t21-/m0/s1. The van der Waals surface area contributed by atoms with Crippen LogP contribution in [0.15, 0.2) is 78.1 Å². The molecule has 6 nitrogen and oxygen atoms in total. The lowest BCUT2D eigenvalue weighted by Crippen LogP contribution is -2.54. The van der Waals surface area contributed by atoms with Crippen LogP contribution in [0.3, 0.4) is 0 Å². The molecular weight excluding hydrogens is 539 g/mol. The first kappa shape index (κ1) is 28.1. The van der Waals surface area contributed by atoms with Gasteiger partial charge in [-0.3, -0.25) is 14.2 Å². The van der Waals surface area contributed by atoms with Crippen molar-refractivity contribution in [3.05, 3.63) is 106 Å². The number of fused-ring (bicyclic) bond motifs is 1. The molecule has 0 saturated carbocycles. The zero-order valence-corrected chi connectivity index (χ0v) is 24.0. The van der Waals surface area contributed by atoms with Crippen molar-refractivity contribution in [2.75, 3.05) is 24.5 Å². The second-order valence-corrected chi connectivity index (χ2v) is 11.0. The van der Waals surface area contributed by atoms with Crippen molar-refractivity contribution in [2.45, 2.75) is 32.7 Å². The van der Waals surface area contributed by atoms with E-state index in [0.29, 0.717) is 58.1 Å². The number of carbonyl (C=O) groups is 1. The minimum Gasteiger partial charge on any atom is -0.363 e. The topological polar surface area (TPSA) is 69.3 Å². The summed E-state index contributed by atoms with van der Waals surface area (Å²) >= 11 is 6.86. The normalized spacial score (nSPS) is 15.3. The Morgan fingerprint density at radius 2 is 1.90 bits per heavy atom. The molecule has 208 valence electrons. The highest BCUT2D eigenvalue weighted by Crippen LogP contribution is 2.39. The van der Waals surface area contributed by atoms with Crippen LogP contribution in [-0.4, -0.2) is 41.1 Å². The monoisotopic (exact) mass is 568 g/mol. The van der Waals surface area contributed by atoms with E-state index in [4.69, 9.17) is 11.6 Å². The number of carbonyl (C=O) groups excluding carboxylic acids is 1. The molecule has 5 rings (SSSR count). The van der Waals surface area contributed by atoms with Crippen molar-refractivity contribution in [3.63, 3.8) is 0 Å². The number of nitrogens with zero attached hydrogens (tertiary/aromatic N) is 4. The number of rotatable bonds is 5. The van der Waals surface area contributed by atoms with Crippen LogP contribution in [-0.2, 0) is 4.79 Å². The molecule has 8 heteroatoms. The summed E-state index contributed by atoms with van der Waals surface area (Å²) in [6.07, 6.45) is 1.29. The van der Waals surface area contributed by atoms with Crippen LogP contribution in [0.25, 0.3) is 27.7 Å². The molecule has 1 aliphatic rings. The highest BCUT2D eigenvalue weighted by molar-refractivity contribution is 6.34. The molecule has 2 heterocycles. The summed E-state index contributed by atoms with van der Waals surface area (Å²) in [6.45, 7) is 10.9. The minimum atomic E-state index is -0.451. The average molecular weight is 569 g/mol. The summed E-state index contributed by atoms with van der Waals surface area (Å²) in [7, 11) is 0. The van der Waals surface area contributed by atoms with Crippen LogP contribution >= 0.6 is 11.6 Å². The number of anilines is 1. The van der Waals surface area contributed by atoms with Crippen LogP contribution in [0.5, 0.6) is 0 Å². The zero-order valence-electron chi connectivity index (χ0n) is 23.2. The van der Waals surface area contributed by atoms with Gasteiger partial charge in [-0.1, -0.05) is 62.4 Å². The molecule has 0 spiro atoms. The molecule has 0 bridgehead atoms. The molecule has 1 fully saturated rings. The fourth-order valence-corrected chi connectivity index (χ4v) is 5.98. The number of nitriles is 1. The first-order valence-corrected chi connectivity index (χ1v) is 13.9. The van der Waals surface area contributed by atoms with Gasteiger partial charge in [-0.05, 0) is 60.4 Å². The zero-order chi connectivity index (χ0) is 29.4. The summed E-state index contributed by atoms with van der Waals surface area (Å²) in [6, 6.07) is 19.3. The number of amides is 1. The summed E-state index contributed by atoms with van der Waals surface area (Å²) in [5.74, 6) is -0.461. The average Bonchev–Trinajstić information content (AvgIpc) is 2.96. The summed E-state index contributed by atoms with van der Waals surface area (Å²) in [5.41, 5.74) is 3.34. The van der Waals surface area contributed by atoms with Crippen LogP contribution in [0.4, 0.5) is 10.1 Å². The Bertz CT molecular complexity index is 1790. The van der Waals surface area contributed by atoms with Crippen LogP contribution in [0, 0.1) is 17.1 Å². The maximum absolute atomic E-state index is 14.3. The van der Waals surface area contributed by atoms with Crippen molar-refractivity contribution in [2.24, 2.45) is 0 Å². The molecule has 1 aliphatic heterocycles. The first-order valence-electron chi connectivity index (χ1n) is 13.5. The van der Waals surface area contributed by atoms with Crippen molar-refractivity contribution < 1.29 is 9.18 Å². The molecule has 3 aromatic carbocycles. The predicted molar refractivity (Wildman–Crippen MR) is 162 cm³/mol. The van der Waals surface area contributed by atoms with Gasteiger partial charge in [0.2, 0.25) is 5.91 Å². The number of piperazine rings is 1. The first-order chi connectivity index (χ1) is 19.7. The van der Waals surface area contributed by atoms with E-state index < -0.39 is 11.4 Å². The maximum Gasteiger partial charge on any atom is 0.275 e. The lowest BCUT2D eigenvalue weighted by Gasteiger charge is -2.41. The smallest absolute Gasteiger partial charge is 0.275 e. The quantitative estimate of drug-likeness (QED) is 0.252. The largest absolute Gasteiger partial charge is 0.363 e. The van der Waals surface area contributed by atoms with Gasteiger partial charge >= 0.3 is 0 Å². The number of aromatic nitrogens is 1. The predicted octanol–water partition coefficient (Wildman–Crippen LogP) is 6.67. The highest BCUT2D eigenvalue weighted by Gasteiger charge is 2.31. The number of halogens is 2. The molecule has 0 radical (unpaired) electrons. The van der Waals surface area contributed by atoms with Gasteiger partial charge in [0.1, 0.15) is 17.4 Å². The van der Waals surface area contributed by atoms with Crippen molar-refractivity contribution in [1.29, 1.82) is 5.26 Å². The number of hydrogen-bond donors (Lipinski definition) is 0. The Balaban J connectivity index is 1.86. The van der Waals surface area contributed by atoms with E-state index in [2.05, 4.69) is 12.6 Å². The van der Waals surface area contributed by atoms with E-state index in [1.54, 1.807) is 33.7 Å². The molecule has 1 saturated heterocycles. The number of para-hydroxylation sites is 1. The lowest BCUT2D eigenvalue weighted by atomic mass is 9.97. The third kappa shape index (κ3) is 5.00. The van der Waals surface area contributed by atoms with Gasteiger partial charge in [0.05, 0.1) is 16.9 Å². The van der Waals surface area contributed by atoms with Crippen molar-refractivity contribution >= 4 is 34.1 Å². The third-order valence-corrected chi connectivity index (χ3v) is 8.00. The van der Waals surface area contributed by atoms with Gasteiger partial charge in [-0.15, -0.1) is 0 Å². The molecule has 41 heavy (non-hydrogen) atoms. The summed E-state index contributed by atoms with van der Waals surface area (Å²) < 4.78 is 15.8. The molecular formula is C33H30ClFN4O2.